The first-order valence-electron chi connectivity index (χ1n) is 16.8. The van der Waals surface area contributed by atoms with Crippen LogP contribution in [0.5, 0.6) is 0 Å². The first kappa shape index (κ1) is 31.2. The topological polar surface area (TPSA) is 98.6 Å². The second-order valence-electron chi connectivity index (χ2n) is 13.0. The minimum atomic E-state index is -1.06. The number of allylic oxidation sites excluding steroid dienone is 4. The lowest BCUT2D eigenvalue weighted by atomic mass is 9.69. The number of benzene rings is 3. The predicted octanol–water partition coefficient (Wildman–Crippen LogP) is 5.90. The summed E-state index contributed by atoms with van der Waals surface area (Å²) in [5, 5.41) is 6.04. The van der Waals surface area contributed by atoms with Crippen molar-refractivity contribution in [1.82, 2.24) is 5.32 Å². The SMILES string of the molecule is CC1=CC(=C2C(=O)C(c3cc(C)c(N4CCCC4)cc3NC(=O)c3ccccc3)C2=O)C(NC(=O)c2ccccc2)=CC1=[N+]1CCCC1. The molecule has 3 aromatic rings. The Morgan fingerprint density at radius 1 is 0.750 bits per heavy atom. The lowest BCUT2D eigenvalue weighted by molar-refractivity contribution is -0.504. The quantitative estimate of drug-likeness (QED) is 0.152. The van der Waals surface area contributed by atoms with Crippen LogP contribution < -0.4 is 15.5 Å². The fourth-order valence-electron chi connectivity index (χ4n) is 7.24. The second-order valence-corrected chi connectivity index (χ2v) is 13.0. The number of nitrogens with one attached hydrogen (secondary N) is 2. The van der Waals surface area contributed by atoms with Gasteiger partial charge in [-0.1, -0.05) is 42.5 Å². The molecule has 2 aliphatic carbocycles. The highest BCUT2D eigenvalue weighted by molar-refractivity contribution is 6.43. The Morgan fingerprint density at radius 3 is 1.94 bits per heavy atom. The summed E-state index contributed by atoms with van der Waals surface area (Å²) in [5.74, 6) is -2.34. The van der Waals surface area contributed by atoms with E-state index in [9.17, 15) is 19.2 Å². The Bertz CT molecular complexity index is 1940. The molecule has 8 nitrogen and oxygen atoms in total. The molecule has 4 aliphatic rings. The van der Waals surface area contributed by atoms with Gasteiger partial charge in [-0.15, -0.1) is 0 Å². The van der Waals surface area contributed by atoms with Crippen LogP contribution in [0, 0.1) is 6.92 Å². The Hall–Kier alpha value is -5.37. The van der Waals surface area contributed by atoms with Crippen LogP contribution in [-0.4, -0.2) is 59.8 Å². The Morgan fingerprint density at radius 2 is 1.33 bits per heavy atom. The smallest absolute Gasteiger partial charge is 0.255 e. The van der Waals surface area contributed by atoms with Gasteiger partial charge in [0, 0.05) is 65.7 Å². The first-order chi connectivity index (χ1) is 23.3. The molecule has 2 amide bonds. The fraction of sp³-hybridized carbons (Fsp3) is 0.275. The maximum Gasteiger partial charge on any atom is 0.255 e. The van der Waals surface area contributed by atoms with E-state index in [4.69, 9.17) is 0 Å². The summed E-state index contributed by atoms with van der Waals surface area (Å²) >= 11 is 0. The predicted molar refractivity (Wildman–Crippen MR) is 187 cm³/mol. The van der Waals surface area contributed by atoms with Gasteiger partial charge in [0.1, 0.15) is 19.0 Å². The largest absolute Gasteiger partial charge is 0.371 e. The number of anilines is 2. The van der Waals surface area contributed by atoms with E-state index in [1.807, 2.05) is 50.3 Å². The van der Waals surface area contributed by atoms with Gasteiger partial charge < -0.3 is 15.5 Å². The molecule has 2 heterocycles. The Kier molecular flexibility index (Phi) is 8.48. The van der Waals surface area contributed by atoms with Gasteiger partial charge in [0.15, 0.2) is 11.6 Å². The van der Waals surface area contributed by atoms with E-state index in [-0.39, 0.29) is 29.0 Å². The lowest BCUT2D eigenvalue weighted by Gasteiger charge is -2.32. The van der Waals surface area contributed by atoms with Crippen LogP contribution >= 0.6 is 0 Å². The number of nitrogens with zero attached hydrogens (tertiary/aromatic N) is 2. The summed E-state index contributed by atoms with van der Waals surface area (Å²) < 4.78 is 2.28. The third kappa shape index (κ3) is 5.83. The van der Waals surface area contributed by atoms with E-state index < -0.39 is 5.92 Å². The average molecular weight is 640 g/mol. The number of rotatable bonds is 6. The highest BCUT2D eigenvalue weighted by Crippen LogP contribution is 2.44. The van der Waals surface area contributed by atoms with Crippen LogP contribution in [-0.2, 0) is 9.59 Å². The maximum absolute atomic E-state index is 14.2. The highest BCUT2D eigenvalue weighted by Gasteiger charge is 2.49. The molecule has 8 heteroatoms. The molecule has 48 heavy (non-hydrogen) atoms. The molecule has 0 atom stereocenters. The Labute approximate surface area is 280 Å². The van der Waals surface area contributed by atoms with Crippen molar-refractivity contribution in [2.45, 2.75) is 45.4 Å². The molecule has 2 N–H and O–H groups in total. The number of hydrogen-bond acceptors (Lipinski definition) is 5. The summed E-state index contributed by atoms with van der Waals surface area (Å²) in [4.78, 5) is 57.4. The molecule has 0 radical (unpaired) electrons. The van der Waals surface area contributed by atoms with Gasteiger partial charge >= 0.3 is 0 Å². The number of Topliss-reactive ketones (excluding diaryl/α,β-unsaturated/α-hetero) is 2. The van der Waals surface area contributed by atoms with E-state index in [2.05, 4.69) is 20.1 Å². The molecule has 0 unspecified atom stereocenters. The molecule has 3 fully saturated rings. The number of hydrogen-bond donors (Lipinski definition) is 2. The molecule has 0 spiro atoms. The van der Waals surface area contributed by atoms with Crippen molar-refractivity contribution in [1.29, 1.82) is 0 Å². The van der Waals surface area contributed by atoms with E-state index in [0.29, 0.717) is 33.6 Å². The van der Waals surface area contributed by atoms with E-state index in [1.165, 1.54) is 0 Å². The standard InChI is InChI=1S/C40H38N4O4/c1-25-21-29(31(23-33(25)43-17-9-10-18-43)41-39(47)27-13-5-3-6-14-27)35-37(45)36(38(35)46)30-22-26(2)34(44-19-11-12-20-44)24-32(30)42-40(48)28-15-7-4-8-16-28/h3-8,13-16,21-24,35H,9-12,17-20H2,1-2H3,(H,41,47)/p+1. The molecule has 3 aromatic carbocycles. The van der Waals surface area contributed by atoms with Crippen LogP contribution in [0.25, 0.3) is 0 Å². The van der Waals surface area contributed by atoms with Crippen LogP contribution in [0.1, 0.15) is 70.4 Å². The van der Waals surface area contributed by atoms with Crippen molar-refractivity contribution in [2.75, 3.05) is 36.4 Å². The molecule has 2 saturated heterocycles. The Balaban J connectivity index is 1.28. The summed E-state index contributed by atoms with van der Waals surface area (Å²) in [7, 11) is 0. The summed E-state index contributed by atoms with van der Waals surface area (Å²) in [6.45, 7) is 7.60. The maximum atomic E-state index is 14.2. The number of ketones is 2. The summed E-state index contributed by atoms with van der Waals surface area (Å²) in [5.41, 5.74) is 6.68. The molecule has 7 rings (SSSR count). The third-order valence-corrected chi connectivity index (χ3v) is 9.76. The highest BCUT2D eigenvalue weighted by atomic mass is 16.2. The number of amides is 2. The molecular formula is C40H39N4O4+. The fourth-order valence-corrected chi connectivity index (χ4v) is 7.24. The molecule has 242 valence electrons. The van der Waals surface area contributed by atoms with Crippen molar-refractivity contribution in [2.24, 2.45) is 0 Å². The van der Waals surface area contributed by atoms with E-state index in [0.717, 1.165) is 74.4 Å². The van der Waals surface area contributed by atoms with Gasteiger partial charge in [-0.25, -0.2) is 4.58 Å². The van der Waals surface area contributed by atoms with Crippen molar-refractivity contribution in [3.8, 4) is 0 Å². The van der Waals surface area contributed by atoms with Crippen molar-refractivity contribution in [3.05, 3.63) is 130 Å². The monoisotopic (exact) mass is 639 g/mol. The van der Waals surface area contributed by atoms with Gasteiger partial charge in [0.05, 0.1) is 11.3 Å². The number of carbonyl (C=O) groups is 4. The molecule has 2 aliphatic heterocycles. The van der Waals surface area contributed by atoms with Gasteiger partial charge in [-0.3, -0.25) is 19.2 Å². The minimum absolute atomic E-state index is 0.0704. The van der Waals surface area contributed by atoms with Crippen LogP contribution in [0.4, 0.5) is 11.4 Å². The number of aryl methyl sites for hydroxylation is 1. The minimum Gasteiger partial charge on any atom is -0.371 e. The summed E-state index contributed by atoms with van der Waals surface area (Å²) in [6.07, 6.45) is 8.10. The van der Waals surface area contributed by atoms with Crippen molar-refractivity contribution in [3.63, 3.8) is 0 Å². The second kappa shape index (κ2) is 13.0. The molecule has 0 aromatic heterocycles. The van der Waals surface area contributed by atoms with E-state index >= 15 is 0 Å². The third-order valence-electron chi connectivity index (χ3n) is 9.76. The molecule has 1 saturated carbocycles. The van der Waals surface area contributed by atoms with Crippen LogP contribution in [0.15, 0.2) is 107 Å². The number of carbonyl (C=O) groups excluding carboxylic acids is 4. The van der Waals surface area contributed by atoms with E-state index in [1.54, 1.807) is 48.5 Å². The average Bonchev–Trinajstić information content (AvgIpc) is 3.84. The van der Waals surface area contributed by atoms with Gasteiger partial charge in [-0.05, 0) is 74.2 Å². The van der Waals surface area contributed by atoms with Crippen molar-refractivity contribution >= 4 is 40.5 Å². The lowest BCUT2D eigenvalue weighted by Crippen LogP contribution is -2.42. The molecular weight excluding hydrogens is 600 g/mol. The zero-order chi connectivity index (χ0) is 33.4. The van der Waals surface area contributed by atoms with Gasteiger partial charge in [-0.2, -0.15) is 0 Å². The van der Waals surface area contributed by atoms with Crippen LogP contribution in [0.2, 0.25) is 0 Å². The first-order valence-corrected chi connectivity index (χ1v) is 16.8. The summed E-state index contributed by atoms with van der Waals surface area (Å²) in [6, 6.07) is 21.6. The van der Waals surface area contributed by atoms with Gasteiger partial charge in [0.2, 0.25) is 5.71 Å². The van der Waals surface area contributed by atoms with Crippen LogP contribution in [0.3, 0.4) is 0 Å². The van der Waals surface area contributed by atoms with Crippen molar-refractivity contribution < 1.29 is 23.8 Å². The normalized spacial score (nSPS) is 19.3. The zero-order valence-corrected chi connectivity index (χ0v) is 27.3. The van der Waals surface area contributed by atoms with Gasteiger partial charge in [0.25, 0.3) is 11.8 Å². The zero-order valence-electron chi connectivity index (χ0n) is 27.3. The molecule has 0 bridgehead atoms.